The van der Waals surface area contributed by atoms with Gasteiger partial charge in [0.15, 0.2) is 0 Å². The average Bonchev–Trinajstić information content (AvgIpc) is 3.03. The molecule has 0 fully saturated rings. The first-order valence-corrected chi connectivity index (χ1v) is 17.7. The lowest BCUT2D eigenvalue weighted by Crippen LogP contribution is -2.32. The highest BCUT2D eigenvalue weighted by molar-refractivity contribution is 7.55. The first kappa shape index (κ1) is 33.1. The topological polar surface area (TPSA) is 124 Å². The van der Waals surface area contributed by atoms with E-state index < -0.39 is 11.4 Å². The van der Waals surface area contributed by atoms with Crippen LogP contribution in [0.25, 0.3) is 10.8 Å². The van der Waals surface area contributed by atoms with Gasteiger partial charge in [0.25, 0.3) is 0 Å². The van der Waals surface area contributed by atoms with Gasteiger partial charge in [0.1, 0.15) is 11.6 Å². The molecular formula is C37H40N7O2P. The molecule has 2 amide bonds. The Labute approximate surface area is 277 Å². The Balaban J connectivity index is 1.33. The summed E-state index contributed by atoms with van der Waals surface area (Å²) in [4.78, 5) is 22.2. The predicted octanol–water partition coefficient (Wildman–Crippen LogP) is 9.55. The first-order valence-electron chi connectivity index (χ1n) is 15.3. The Morgan fingerprint density at radius 1 is 0.851 bits per heavy atom. The molecule has 0 saturated heterocycles. The monoisotopic (exact) mass is 645 g/mol. The molecule has 1 aromatic heterocycles. The molecule has 0 saturated carbocycles. The second-order valence-corrected chi connectivity index (χ2v) is 14.8. The molecule has 0 aliphatic carbocycles. The lowest BCUT2D eigenvalue weighted by molar-refractivity contribution is 0.254. The van der Waals surface area contributed by atoms with Crippen LogP contribution in [-0.2, 0) is 6.16 Å². The Morgan fingerprint density at radius 2 is 1.55 bits per heavy atom. The molecule has 0 atom stereocenters. The minimum Gasteiger partial charge on any atom is -0.438 e. The third-order valence-corrected chi connectivity index (χ3v) is 8.08. The number of nitrogens with zero attached hydrogens (tertiary/aromatic N) is 2. The van der Waals surface area contributed by atoms with Crippen LogP contribution in [0.5, 0.6) is 11.6 Å². The van der Waals surface area contributed by atoms with Crippen LogP contribution in [0.1, 0.15) is 26.3 Å². The quantitative estimate of drug-likeness (QED) is 0.0720. The van der Waals surface area contributed by atoms with E-state index in [-0.39, 0.29) is 7.92 Å². The van der Waals surface area contributed by atoms with Crippen molar-refractivity contribution < 1.29 is 9.53 Å². The Morgan fingerprint density at radius 3 is 2.26 bits per heavy atom. The fourth-order valence-corrected chi connectivity index (χ4v) is 5.59. The fraction of sp³-hybridized carbons (Fsp3) is 0.189. The molecule has 0 aliphatic rings. The van der Waals surface area contributed by atoms with Crippen molar-refractivity contribution in [2.45, 2.75) is 26.9 Å². The van der Waals surface area contributed by atoms with E-state index in [1.807, 2.05) is 87.5 Å². The third-order valence-electron chi connectivity index (χ3n) is 7.08. The van der Waals surface area contributed by atoms with E-state index in [4.69, 9.17) is 10.1 Å². The highest BCUT2D eigenvalue weighted by Gasteiger charge is 2.18. The number of amides is 2. The van der Waals surface area contributed by atoms with Crippen molar-refractivity contribution in [3.05, 3.63) is 121 Å². The standard InChI is InChI=1S/C37H40N7O2P/c1-37(2,3)32(38)23-33(40-27-17-15-25(16-18-27)24-47(4)5)43-36(45)42-30-19-20-31(29-14-10-9-13-28(29)30)46-34-21-22-39-35(44-34)41-26-11-7-6-8-12-26/h6-23,38,40H,24H2,1-5H3,(H,39,41,44)(H2,42,43,45)/b33-23+,38-32?. The molecular weight excluding hydrogens is 605 g/mol. The number of hydrogen-bond donors (Lipinski definition) is 5. The first-order chi connectivity index (χ1) is 22.5. The zero-order valence-electron chi connectivity index (χ0n) is 27.3. The molecule has 5 aromatic rings. The van der Waals surface area contributed by atoms with Gasteiger partial charge in [0, 0.05) is 51.6 Å². The number of urea groups is 1. The minimum absolute atomic E-state index is 0.0439. The zero-order chi connectivity index (χ0) is 33.4. The fourth-order valence-electron chi connectivity index (χ4n) is 4.65. The van der Waals surface area contributed by atoms with E-state index in [1.54, 1.807) is 30.5 Å². The van der Waals surface area contributed by atoms with E-state index in [9.17, 15) is 4.79 Å². The Bertz CT molecular complexity index is 1890. The highest BCUT2D eigenvalue weighted by Crippen LogP contribution is 2.34. The minimum atomic E-state index is -0.448. The van der Waals surface area contributed by atoms with Gasteiger partial charge < -0.3 is 26.1 Å². The summed E-state index contributed by atoms with van der Waals surface area (Å²) in [6, 6.07) is 30.4. The number of allylic oxidation sites excluding steroid dienone is 1. The molecule has 0 spiro atoms. The smallest absolute Gasteiger partial charge is 0.324 e. The van der Waals surface area contributed by atoms with Crippen LogP contribution in [-0.4, -0.2) is 35.0 Å². The summed E-state index contributed by atoms with van der Waals surface area (Å²) in [5.41, 5.74) is 3.53. The predicted molar refractivity (Wildman–Crippen MR) is 196 cm³/mol. The number of carbonyl (C=O) groups is 1. The van der Waals surface area contributed by atoms with Crippen LogP contribution in [0.3, 0.4) is 0 Å². The number of rotatable bonds is 11. The summed E-state index contributed by atoms with van der Waals surface area (Å²) >= 11 is 0. The third kappa shape index (κ3) is 9.37. The maximum atomic E-state index is 13.4. The van der Waals surface area contributed by atoms with E-state index in [1.165, 1.54) is 5.56 Å². The molecule has 5 rings (SSSR count). The zero-order valence-corrected chi connectivity index (χ0v) is 28.2. The van der Waals surface area contributed by atoms with Crippen molar-refractivity contribution in [3.63, 3.8) is 0 Å². The van der Waals surface area contributed by atoms with Crippen molar-refractivity contribution in [3.8, 4) is 11.6 Å². The number of ether oxygens (including phenoxy) is 1. The normalized spacial score (nSPS) is 11.7. The van der Waals surface area contributed by atoms with Gasteiger partial charge in [-0.15, -0.1) is 7.92 Å². The van der Waals surface area contributed by atoms with E-state index >= 15 is 0 Å². The summed E-state index contributed by atoms with van der Waals surface area (Å²) in [6.45, 7) is 10.4. The summed E-state index contributed by atoms with van der Waals surface area (Å²) in [6.07, 6.45) is 4.34. The Kier molecular flexibility index (Phi) is 10.5. The van der Waals surface area contributed by atoms with Gasteiger partial charge in [-0.05, 0) is 61.5 Å². The molecule has 0 aliphatic heterocycles. The van der Waals surface area contributed by atoms with Gasteiger partial charge in [-0.2, -0.15) is 4.98 Å². The molecule has 0 bridgehead atoms. The largest absolute Gasteiger partial charge is 0.438 e. The Hall–Kier alpha value is -5.27. The second kappa shape index (κ2) is 14.9. The maximum Gasteiger partial charge on any atom is 0.324 e. The van der Waals surface area contributed by atoms with E-state index in [2.05, 4.69) is 56.7 Å². The van der Waals surface area contributed by atoms with Crippen LogP contribution >= 0.6 is 7.92 Å². The van der Waals surface area contributed by atoms with Crippen LogP contribution in [0.2, 0.25) is 0 Å². The van der Waals surface area contributed by atoms with Crippen LogP contribution in [0, 0.1) is 10.8 Å². The van der Waals surface area contributed by atoms with E-state index in [0.717, 1.165) is 28.3 Å². The summed E-state index contributed by atoms with van der Waals surface area (Å²) in [5, 5.41) is 22.5. The van der Waals surface area contributed by atoms with Gasteiger partial charge in [-0.3, -0.25) is 5.32 Å². The maximum absolute atomic E-state index is 13.4. The van der Waals surface area contributed by atoms with Crippen LogP contribution in [0.4, 0.5) is 27.8 Å². The number of aromatic nitrogens is 2. The van der Waals surface area contributed by atoms with Gasteiger partial charge in [-0.1, -0.05) is 75.4 Å². The molecule has 240 valence electrons. The second-order valence-electron chi connectivity index (χ2n) is 12.3. The number of hydrogen-bond acceptors (Lipinski definition) is 7. The van der Waals surface area contributed by atoms with Crippen molar-refractivity contribution in [1.29, 1.82) is 5.41 Å². The molecule has 4 aromatic carbocycles. The molecule has 5 N–H and O–H groups in total. The number of benzene rings is 4. The van der Waals surface area contributed by atoms with Crippen LogP contribution in [0.15, 0.2) is 115 Å². The van der Waals surface area contributed by atoms with Gasteiger partial charge >= 0.3 is 6.03 Å². The van der Waals surface area contributed by atoms with Crippen molar-refractivity contribution in [2.75, 3.05) is 29.3 Å². The van der Waals surface area contributed by atoms with E-state index in [0.29, 0.717) is 34.8 Å². The van der Waals surface area contributed by atoms with Gasteiger partial charge in [-0.25, -0.2) is 9.78 Å². The van der Waals surface area contributed by atoms with Crippen LogP contribution < -0.4 is 26.0 Å². The lowest BCUT2D eigenvalue weighted by Gasteiger charge is -2.20. The van der Waals surface area contributed by atoms with Crippen molar-refractivity contribution in [1.82, 2.24) is 15.3 Å². The lowest BCUT2D eigenvalue weighted by atomic mass is 9.90. The van der Waals surface area contributed by atoms with Gasteiger partial charge in [0.2, 0.25) is 11.8 Å². The molecule has 1 heterocycles. The summed E-state index contributed by atoms with van der Waals surface area (Å²) in [7, 11) is -0.0439. The molecule has 47 heavy (non-hydrogen) atoms. The molecule has 10 heteroatoms. The summed E-state index contributed by atoms with van der Waals surface area (Å²) < 4.78 is 6.20. The highest BCUT2D eigenvalue weighted by atomic mass is 31.1. The van der Waals surface area contributed by atoms with Gasteiger partial charge in [0.05, 0.1) is 5.69 Å². The average molecular weight is 646 g/mol. The number of carbonyl (C=O) groups excluding carboxylic acids is 1. The SMILES string of the molecule is CP(C)Cc1ccc(N/C(=C\C(=N)C(C)(C)C)NC(=O)Nc2ccc(Oc3ccnc(Nc4ccccc4)n3)c3ccccc23)cc1. The van der Waals surface area contributed by atoms with Crippen molar-refractivity contribution in [2.24, 2.45) is 5.41 Å². The number of para-hydroxylation sites is 1. The molecule has 0 radical (unpaired) electrons. The van der Waals surface area contributed by atoms with Crippen molar-refractivity contribution >= 4 is 53.4 Å². The number of fused-ring (bicyclic) bond motifs is 1. The number of anilines is 4. The number of nitrogens with one attached hydrogen (secondary N) is 5. The summed E-state index contributed by atoms with van der Waals surface area (Å²) in [5.74, 6) is 1.77. The molecule has 9 nitrogen and oxygen atoms in total. The molecule has 0 unspecified atom stereocenters.